The second-order valence-electron chi connectivity index (χ2n) is 5.91. The summed E-state index contributed by atoms with van der Waals surface area (Å²) in [7, 11) is 0. The summed E-state index contributed by atoms with van der Waals surface area (Å²) in [5, 5.41) is 11.8. The minimum atomic E-state index is -0.0825. The van der Waals surface area contributed by atoms with Gasteiger partial charge in [0.05, 0.1) is 11.6 Å². The van der Waals surface area contributed by atoms with Crippen LogP contribution >= 0.6 is 0 Å². The molecule has 2 amide bonds. The van der Waals surface area contributed by atoms with Crippen molar-refractivity contribution in [3.8, 4) is 6.07 Å². The van der Waals surface area contributed by atoms with Crippen LogP contribution in [0.15, 0.2) is 36.5 Å². The van der Waals surface area contributed by atoms with Gasteiger partial charge in [-0.25, -0.2) is 14.8 Å². The van der Waals surface area contributed by atoms with Crippen LogP contribution in [0.2, 0.25) is 0 Å². The first-order valence-corrected chi connectivity index (χ1v) is 8.22. The number of carbonyl (C=O) groups is 1. The molecule has 0 bridgehead atoms. The Morgan fingerprint density at radius 1 is 1.28 bits per heavy atom. The van der Waals surface area contributed by atoms with Gasteiger partial charge in [-0.3, -0.25) is 0 Å². The molecule has 25 heavy (non-hydrogen) atoms. The number of nitrogens with zero attached hydrogens (tertiary/aromatic N) is 5. The number of urea groups is 1. The number of nitriles is 1. The number of rotatable bonds is 3. The minimum absolute atomic E-state index is 0.0825. The fourth-order valence-electron chi connectivity index (χ4n) is 2.80. The molecule has 7 heteroatoms. The maximum atomic E-state index is 12.3. The van der Waals surface area contributed by atoms with E-state index >= 15 is 0 Å². The molecule has 0 saturated carbocycles. The van der Waals surface area contributed by atoms with Gasteiger partial charge in [-0.15, -0.1) is 0 Å². The molecule has 0 atom stereocenters. The van der Waals surface area contributed by atoms with E-state index in [9.17, 15) is 4.79 Å². The number of aryl methyl sites for hydroxylation is 1. The van der Waals surface area contributed by atoms with Crippen molar-refractivity contribution in [3.05, 3.63) is 53.5 Å². The van der Waals surface area contributed by atoms with Crippen LogP contribution in [0.4, 0.5) is 10.6 Å². The number of aromatic nitrogens is 2. The van der Waals surface area contributed by atoms with Gasteiger partial charge < -0.3 is 15.1 Å². The normalized spacial score (nSPS) is 14.1. The third kappa shape index (κ3) is 4.23. The maximum Gasteiger partial charge on any atom is 0.317 e. The van der Waals surface area contributed by atoms with Crippen molar-refractivity contribution in [1.82, 2.24) is 20.2 Å². The lowest BCUT2D eigenvalue weighted by Gasteiger charge is -2.35. The Hall–Kier alpha value is -3.14. The van der Waals surface area contributed by atoms with E-state index in [4.69, 9.17) is 5.26 Å². The standard InChI is InChI=1S/C18H20N6O/c1-14-20-6-5-17(22-14)23-7-9-24(10-8-23)18(25)21-13-16-4-2-3-15(11-16)12-19/h2-6,11H,7-10,13H2,1H3,(H,21,25). The molecule has 0 spiro atoms. The lowest BCUT2D eigenvalue weighted by atomic mass is 10.1. The van der Waals surface area contributed by atoms with Crippen molar-refractivity contribution in [1.29, 1.82) is 5.26 Å². The molecule has 0 aliphatic carbocycles. The number of nitrogens with one attached hydrogen (secondary N) is 1. The van der Waals surface area contributed by atoms with Crippen LogP contribution in [0.1, 0.15) is 17.0 Å². The van der Waals surface area contributed by atoms with Gasteiger partial charge in [0.1, 0.15) is 11.6 Å². The highest BCUT2D eigenvalue weighted by Crippen LogP contribution is 2.13. The van der Waals surface area contributed by atoms with Gasteiger partial charge in [0.15, 0.2) is 0 Å². The Labute approximate surface area is 146 Å². The van der Waals surface area contributed by atoms with Gasteiger partial charge in [0.2, 0.25) is 0 Å². The number of hydrogen-bond donors (Lipinski definition) is 1. The Balaban J connectivity index is 1.50. The third-order valence-electron chi connectivity index (χ3n) is 4.15. The molecule has 1 fully saturated rings. The average molecular weight is 336 g/mol. The second kappa shape index (κ2) is 7.62. The molecule has 1 aromatic heterocycles. The van der Waals surface area contributed by atoms with Gasteiger partial charge in [0.25, 0.3) is 0 Å². The Morgan fingerprint density at radius 2 is 2.08 bits per heavy atom. The van der Waals surface area contributed by atoms with Crippen LogP contribution < -0.4 is 10.2 Å². The molecular weight excluding hydrogens is 316 g/mol. The quantitative estimate of drug-likeness (QED) is 0.922. The first kappa shape index (κ1) is 16.7. The number of hydrogen-bond acceptors (Lipinski definition) is 5. The summed E-state index contributed by atoms with van der Waals surface area (Å²) in [4.78, 5) is 24.8. The Bertz CT molecular complexity index is 792. The summed E-state index contributed by atoms with van der Waals surface area (Å²) < 4.78 is 0. The van der Waals surface area contributed by atoms with E-state index in [1.807, 2.05) is 25.1 Å². The molecule has 1 aromatic carbocycles. The highest BCUT2D eigenvalue weighted by molar-refractivity contribution is 5.74. The number of amides is 2. The predicted octanol–water partition coefficient (Wildman–Crippen LogP) is 1.69. The number of piperazine rings is 1. The first-order chi connectivity index (χ1) is 12.2. The fraction of sp³-hybridized carbons (Fsp3) is 0.333. The van der Waals surface area contributed by atoms with Crippen LogP contribution in [-0.4, -0.2) is 47.1 Å². The van der Waals surface area contributed by atoms with Gasteiger partial charge >= 0.3 is 6.03 Å². The van der Waals surface area contributed by atoms with Crippen LogP contribution in [0.25, 0.3) is 0 Å². The third-order valence-corrected chi connectivity index (χ3v) is 4.15. The number of anilines is 1. The van der Waals surface area contributed by atoms with Crippen LogP contribution in [0.3, 0.4) is 0 Å². The zero-order valence-electron chi connectivity index (χ0n) is 14.1. The van der Waals surface area contributed by atoms with E-state index in [0.717, 1.165) is 30.3 Å². The summed E-state index contributed by atoms with van der Waals surface area (Å²) in [6, 6.07) is 11.2. The van der Waals surface area contributed by atoms with Gasteiger partial charge in [0, 0.05) is 38.9 Å². The molecule has 7 nitrogen and oxygen atoms in total. The van der Waals surface area contributed by atoms with E-state index in [1.165, 1.54) is 0 Å². The fourth-order valence-corrected chi connectivity index (χ4v) is 2.80. The molecule has 3 rings (SSSR count). The summed E-state index contributed by atoms with van der Waals surface area (Å²) in [6.07, 6.45) is 1.76. The van der Waals surface area contributed by atoms with Crippen molar-refractivity contribution in [3.63, 3.8) is 0 Å². The Kier molecular flexibility index (Phi) is 5.09. The summed E-state index contributed by atoms with van der Waals surface area (Å²) in [5.74, 6) is 1.65. The number of carbonyl (C=O) groups excluding carboxylic acids is 1. The summed E-state index contributed by atoms with van der Waals surface area (Å²) in [6.45, 7) is 5.07. The van der Waals surface area contributed by atoms with Gasteiger partial charge in [-0.1, -0.05) is 12.1 Å². The molecule has 2 heterocycles. The summed E-state index contributed by atoms with van der Waals surface area (Å²) in [5.41, 5.74) is 1.52. The molecule has 0 unspecified atom stereocenters. The highest BCUT2D eigenvalue weighted by atomic mass is 16.2. The van der Waals surface area contributed by atoms with Crippen molar-refractivity contribution in [2.75, 3.05) is 31.1 Å². The molecule has 128 valence electrons. The predicted molar refractivity (Wildman–Crippen MR) is 93.9 cm³/mol. The minimum Gasteiger partial charge on any atom is -0.353 e. The van der Waals surface area contributed by atoms with E-state index in [2.05, 4.69) is 26.3 Å². The van der Waals surface area contributed by atoms with Gasteiger partial charge in [-0.05, 0) is 30.7 Å². The first-order valence-electron chi connectivity index (χ1n) is 8.22. The van der Waals surface area contributed by atoms with Crippen molar-refractivity contribution < 1.29 is 4.79 Å². The second-order valence-corrected chi connectivity index (χ2v) is 5.91. The van der Waals surface area contributed by atoms with Gasteiger partial charge in [-0.2, -0.15) is 5.26 Å². The van der Waals surface area contributed by atoms with Crippen LogP contribution in [-0.2, 0) is 6.54 Å². The van der Waals surface area contributed by atoms with E-state index in [0.29, 0.717) is 25.2 Å². The largest absolute Gasteiger partial charge is 0.353 e. The van der Waals surface area contributed by atoms with E-state index < -0.39 is 0 Å². The van der Waals surface area contributed by atoms with Crippen LogP contribution in [0.5, 0.6) is 0 Å². The average Bonchev–Trinajstić information content (AvgIpc) is 2.66. The maximum absolute atomic E-state index is 12.3. The topological polar surface area (TPSA) is 85.2 Å². The van der Waals surface area contributed by atoms with E-state index in [1.54, 1.807) is 23.2 Å². The van der Waals surface area contributed by atoms with Crippen molar-refractivity contribution in [2.24, 2.45) is 0 Å². The molecule has 1 aliphatic rings. The summed E-state index contributed by atoms with van der Waals surface area (Å²) >= 11 is 0. The van der Waals surface area contributed by atoms with Crippen molar-refractivity contribution in [2.45, 2.75) is 13.5 Å². The number of benzene rings is 1. The Morgan fingerprint density at radius 3 is 2.80 bits per heavy atom. The zero-order valence-corrected chi connectivity index (χ0v) is 14.1. The van der Waals surface area contributed by atoms with Crippen molar-refractivity contribution >= 4 is 11.8 Å². The molecule has 1 aliphatic heterocycles. The smallest absolute Gasteiger partial charge is 0.317 e. The molecule has 2 aromatic rings. The lowest BCUT2D eigenvalue weighted by Crippen LogP contribution is -2.51. The highest BCUT2D eigenvalue weighted by Gasteiger charge is 2.21. The molecule has 0 radical (unpaired) electrons. The molecule has 1 N–H and O–H groups in total. The van der Waals surface area contributed by atoms with E-state index in [-0.39, 0.29) is 6.03 Å². The molecular formula is C18H20N6O. The monoisotopic (exact) mass is 336 g/mol. The lowest BCUT2D eigenvalue weighted by molar-refractivity contribution is 0.194. The van der Waals surface area contributed by atoms with Crippen LogP contribution in [0, 0.1) is 18.3 Å². The SMILES string of the molecule is Cc1nccc(N2CCN(C(=O)NCc3cccc(C#N)c3)CC2)n1. The zero-order chi connectivity index (χ0) is 17.6. The molecule has 1 saturated heterocycles.